The van der Waals surface area contributed by atoms with E-state index in [1.807, 2.05) is 0 Å². The third-order valence-electron chi connectivity index (χ3n) is 2.31. The maximum absolute atomic E-state index is 11.6. The van der Waals surface area contributed by atoms with Crippen LogP contribution in [0.3, 0.4) is 0 Å². The van der Waals surface area contributed by atoms with Crippen LogP contribution >= 0.6 is 0 Å². The first kappa shape index (κ1) is 15.6. The van der Waals surface area contributed by atoms with Crippen molar-refractivity contribution in [3.05, 3.63) is 30.4 Å². The maximum atomic E-state index is 11.6. The van der Waals surface area contributed by atoms with Gasteiger partial charge in [0.1, 0.15) is 0 Å². The molecule has 0 aliphatic heterocycles. The first-order valence-corrected chi connectivity index (χ1v) is 5.98. The summed E-state index contributed by atoms with van der Waals surface area (Å²) in [5.41, 5.74) is 0.529. The molecule has 6 heteroatoms. The number of carbonyl (C=O) groups is 2. The van der Waals surface area contributed by atoms with Gasteiger partial charge in [-0.2, -0.15) is 0 Å². The summed E-state index contributed by atoms with van der Waals surface area (Å²) in [5.74, 6) is 0.0625. The molecule has 1 N–H and O–H groups in total. The Balaban J connectivity index is 2.69. The highest BCUT2D eigenvalue weighted by molar-refractivity contribution is 6.02. The monoisotopic (exact) mass is 279 g/mol. The normalized spacial score (nSPS) is 10.2. The average Bonchev–Trinajstić information content (AvgIpc) is 2.45. The Labute approximate surface area is 117 Å². The van der Waals surface area contributed by atoms with Crippen molar-refractivity contribution in [2.45, 2.75) is 6.92 Å². The summed E-state index contributed by atoms with van der Waals surface area (Å²) in [7, 11) is 3.03. The Bertz CT molecular complexity index is 510. The molecule has 0 unspecified atom stereocenters. The molecular formula is C14H17NO5. The molecular weight excluding hydrogens is 262 g/mol. The molecule has 0 atom stereocenters. The Kier molecular flexibility index (Phi) is 6.09. The first-order chi connectivity index (χ1) is 9.60. The lowest BCUT2D eigenvalue weighted by Crippen LogP contribution is -2.09. The fraction of sp³-hybridized carbons (Fsp3) is 0.286. The van der Waals surface area contributed by atoms with E-state index in [2.05, 4.69) is 10.1 Å². The smallest absolute Gasteiger partial charge is 0.330 e. The molecule has 0 radical (unpaired) electrons. The number of hydrogen-bond donors (Lipinski definition) is 1. The summed E-state index contributed by atoms with van der Waals surface area (Å²) in [6.07, 6.45) is 2.17. The van der Waals surface area contributed by atoms with E-state index in [-0.39, 0.29) is 6.61 Å². The third kappa shape index (κ3) is 4.64. The van der Waals surface area contributed by atoms with Gasteiger partial charge in [-0.25, -0.2) is 4.79 Å². The summed E-state index contributed by atoms with van der Waals surface area (Å²) in [6.45, 7) is 1.95. The van der Waals surface area contributed by atoms with Gasteiger partial charge in [-0.1, -0.05) is 0 Å². The number of methoxy groups -OCH3 is 2. The zero-order chi connectivity index (χ0) is 15.0. The molecule has 0 aliphatic carbocycles. The Hall–Kier alpha value is -2.50. The van der Waals surface area contributed by atoms with Crippen molar-refractivity contribution >= 4 is 17.6 Å². The van der Waals surface area contributed by atoms with Crippen LogP contribution < -0.4 is 14.8 Å². The van der Waals surface area contributed by atoms with Crippen LogP contribution in [0.4, 0.5) is 5.69 Å². The molecule has 0 aromatic heterocycles. The molecule has 0 bridgehead atoms. The second kappa shape index (κ2) is 7.83. The number of esters is 1. The number of amides is 1. The molecule has 0 heterocycles. The van der Waals surface area contributed by atoms with Gasteiger partial charge < -0.3 is 19.5 Å². The van der Waals surface area contributed by atoms with Crippen LogP contribution in [0.25, 0.3) is 0 Å². The average molecular weight is 279 g/mol. The lowest BCUT2D eigenvalue weighted by atomic mass is 10.2. The summed E-state index contributed by atoms with van der Waals surface area (Å²) in [5, 5.41) is 2.60. The molecule has 1 amide bonds. The number of anilines is 1. The molecule has 20 heavy (non-hydrogen) atoms. The fourth-order valence-corrected chi connectivity index (χ4v) is 1.43. The van der Waals surface area contributed by atoms with E-state index in [1.165, 1.54) is 14.2 Å². The third-order valence-corrected chi connectivity index (χ3v) is 2.31. The predicted molar refractivity (Wildman–Crippen MR) is 73.9 cm³/mol. The molecule has 1 aromatic carbocycles. The van der Waals surface area contributed by atoms with Gasteiger partial charge in [-0.05, 0) is 19.1 Å². The van der Waals surface area contributed by atoms with Crippen molar-refractivity contribution < 1.29 is 23.8 Å². The van der Waals surface area contributed by atoms with Gasteiger partial charge in [-0.15, -0.1) is 0 Å². The Morgan fingerprint density at radius 1 is 1.15 bits per heavy atom. The molecule has 0 saturated carbocycles. The van der Waals surface area contributed by atoms with Crippen molar-refractivity contribution in [3.63, 3.8) is 0 Å². The van der Waals surface area contributed by atoms with Crippen molar-refractivity contribution in [1.29, 1.82) is 0 Å². The van der Waals surface area contributed by atoms with Crippen molar-refractivity contribution in [1.82, 2.24) is 0 Å². The van der Waals surface area contributed by atoms with Gasteiger partial charge in [0.25, 0.3) is 0 Å². The van der Waals surface area contributed by atoms with Gasteiger partial charge in [-0.3, -0.25) is 4.79 Å². The number of carbonyl (C=O) groups excluding carboxylic acids is 2. The summed E-state index contributed by atoms with van der Waals surface area (Å²) in [6, 6.07) is 4.95. The second-order valence-corrected chi connectivity index (χ2v) is 3.64. The van der Waals surface area contributed by atoms with E-state index in [0.29, 0.717) is 17.2 Å². The predicted octanol–water partition coefficient (Wildman–Crippen LogP) is 1.76. The van der Waals surface area contributed by atoms with Gasteiger partial charge in [0.2, 0.25) is 5.91 Å². The van der Waals surface area contributed by atoms with Crippen LogP contribution in [0.2, 0.25) is 0 Å². The molecule has 0 fully saturated rings. The lowest BCUT2D eigenvalue weighted by Gasteiger charge is -2.09. The van der Waals surface area contributed by atoms with Crippen molar-refractivity contribution in [2.75, 3.05) is 26.1 Å². The van der Waals surface area contributed by atoms with Gasteiger partial charge in [0.15, 0.2) is 11.5 Å². The van der Waals surface area contributed by atoms with E-state index in [9.17, 15) is 9.59 Å². The summed E-state index contributed by atoms with van der Waals surface area (Å²) in [4.78, 5) is 22.7. The van der Waals surface area contributed by atoms with Crippen LogP contribution in [0, 0.1) is 0 Å². The van der Waals surface area contributed by atoms with E-state index >= 15 is 0 Å². The van der Waals surface area contributed by atoms with Crippen LogP contribution in [-0.2, 0) is 14.3 Å². The molecule has 108 valence electrons. The number of hydrogen-bond acceptors (Lipinski definition) is 5. The second-order valence-electron chi connectivity index (χ2n) is 3.64. The highest BCUT2D eigenvalue weighted by atomic mass is 16.5. The minimum absolute atomic E-state index is 0.264. The zero-order valence-corrected chi connectivity index (χ0v) is 11.6. The molecule has 0 spiro atoms. The SMILES string of the molecule is CCOC(=O)/C=C/C(=O)Nc1ccc(OC)c(OC)c1. The Morgan fingerprint density at radius 2 is 1.85 bits per heavy atom. The van der Waals surface area contributed by atoms with Gasteiger partial charge in [0, 0.05) is 23.9 Å². The standard InChI is InChI=1S/C14H17NO5/c1-4-20-14(17)8-7-13(16)15-10-5-6-11(18-2)12(9-10)19-3/h5-9H,4H2,1-3H3,(H,15,16)/b8-7+. The van der Waals surface area contributed by atoms with Gasteiger partial charge in [0.05, 0.1) is 20.8 Å². The van der Waals surface area contributed by atoms with E-state index in [4.69, 9.17) is 9.47 Å². The molecule has 6 nitrogen and oxygen atoms in total. The number of nitrogens with one attached hydrogen (secondary N) is 1. The molecule has 0 saturated heterocycles. The molecule has 1 rings (SSSR count). The van der Waals surface area contributed by atoms with Crippen LogP contribution in [0.5, 0.6) is 11.5 Å². The Morgan fingerprint density at radius 3 is 2.45 bits per heavy atom. The quantitative estimate of drug-likeness (QED) is 0.634. The van der Waals surface area contributed by atoms with Crippen molar-refractivity contribution in [3.8, 4) is 11.5 Å². The minimum Gasteiger partial charge on any atom is -0.493 e. The first-order valence-electron chi connectivity index (χ1n) is 5.98. The summed E-state index contributed by atoms with van der Waals surface area (Å²) < 4.78 is 14.9. The highest BCUT2D eigenvalue weighted by Crippen LogP contribution is 2.29. The van der Waals surface area contributed by atoms with E-state index in [0.717, 1.165) is 12.2 Å². The lowest BCUT2D eigenvalue weighted by molar-refractivity contribution is -0.137. The van der Waals surface area contributed by atoms with E-state index in [1.54, 1.807) is 25.1 Å². The molecule has 1 aromatic rings. The largest absolute Gasteiger partial charge is 0.493 e. The van der Waals surface area contributed by atoms with Crippen molar-refractivity contribution in [2.24, 2.45) is 0 Å². The van der Waals surface area contributed by atoms with Crippen LogP contribution in [0.15, 0.2) is 30.4 Å². The van der Waals surface area contributed by atoms with Crippen LogP contribution in [0.1, 0.15) is 6.92 Å². The summed E-state index contributed by atoms with van der Waals surface area (Å²) >= 11 is 0. The molecule has 0 aliphatic rings. The number of ether oxygens (including phenoxy) is 3. The highest BCUT2D eigenvalue weighted by Gasteiger charge is 2.06. The zero-order valence-electron chi connectivity index (χ0n) is 11.6. The topological polar surface area (TPSA) is 73.9 Å². The van der Waals surface area contributed by atoms with E-state index < -0.39 is 11.9 Å². The van der Waals surface area contributed by atoms with Crippen LogP contribution in [-0.4, -0.2) is 32.7 Å². The van der Waals surface area contributed by atoms with Gasteiger partial charge >= 0.3 is 5.97 Å². The fourth-order valence-electron chi connectivity index (χ4n) is 1.43. The minimum atomic E-state index is -0.560. The number of rotatable bonds is 6. The number of benzene rings is 1. The maximum Gasteiger partial charge on any atom is 0.330 e.